The van der Waals surface area contributed by atoms with E-state index in [9.17, 15) is 15.3 Å². The third-order valence-electron chi connectivity index (χ3n) is 2.53. The predicted molar refractivity (Wildman–Crippen MR) is 69.6 cm³/mol. The standard InChI is InChI=1S/C8H16N2O5.C2H6N2.Ni/c9-1-2-10-8(4-11)7(14)6(13)5(12)3-15-8;3-1-2-4;/h5-7,9,11-14H,1-4H2;3-4H,1-2H2;/q2*-2;+2. The fraction of sp³-hybridized carbons (Fsp3) is 1.00. The maximum absolute atomic E-state index is 9.64. The average Bonchev–Trinajstić information content (AvgIpc) is 2.45. The van der Waals surface area contributed by atoms with E-state index in [4.69, 9.17) is 27.0 Å². The van der Waals surface area contributed by atoms with Crippen molar-refractivity contribution in [2.45, 2.75) is 24.0 Å². The summed E-state index contributed by atoms with van der Waals surface area (Å²) in [5.74, 6) is 0. The van der Waals surface area contributed by atoms with Gasteiger partial charge in [-0.15, -0.1) is 0 Å². The van der Waals surface area contributed by atoms with Crippen molar-refractivity contribution in [2.75, 3.05) is 39.4 Å². The van der Waals surface area contributed by atoms with Crippen LogP contribution >= 0.6 is 0 Å². The molecule has 7 N–H and O–H groups in total. The van der Waals surface area contributed by atoms with Gasteiger partial charge in [-0.1, -0.05) is 0 Å². The maximum Gasteiger partial charge on any atom is 2.00 e. The van der Waals surface area contributed by atoms with Gasteiger partial charge in [0.25, 0.3) is 0 Å². The Labute approximate surface area is 128 Å². The third-order valence-corrected chi connectivity index (χ3v) is 2.53. The van der Waals surface area contributed by atoms with Crippen molar-refractivity contribution in [3.63, 3.8) is 0 Å². The molecule has 10 heteroatoms. The maximum atomic E-state index is 9.64. The Hall–Kier alpha value is 0.134. The Morgan fingerprint density at radius 2 is 1.65 bits per heavy atom. The van der Waals surface area contributed by atoms with Gasteiger partial charge in [0.1, 0.15) is 12.2 Å². The smallest absolute Gasteiger partial charge is 0.679 e. The quantitative estimate of drug-likeness (QED) is 0.484. The molecule has 124 valence electrons. The normalized spacial score (nSPS) is 32.9. The molecular weight excluding hydrogens is 315 g/mol. The molecule has 1 aliphatic rings. The molecule has 9 nitrogen and oxygen atoms in total. The first-order valence-electron chi connectivity index (χ1n) is 5.90. The molecule has 1 rings (SSSR count). The van der Waals surface area contributed by atoms with Gasteiger partial charge in [0, 0.05) is 5.72 Å². The molecule has 1 heterocycles. The van der Waals surface area contributed by atoms with Gasteiger partial charge in [0.15, 0.2) is 0 Å². The number of aliphatic hydroxyl groups excluding tert-OH is 4. The Morgan fingerprint density at radius 1 is 1.10 bits per heavy atom. The number of rotatable bonds is 5. The number of hydrogen-bond acceptors (Lipinski definition) is 5. The van der Waals surface area contributed by atoms with Crippen LogP contribution in [0.15, 0.2) is 0 Å². The largest absolute Gasteiger partial charge is 2.00 e. The Bertz CT molecular complexity index is 236. The van der Waals surface area contributed by atoms with E-state index in [0.717, 1.165) is 0 Å². The molecule has 0 aromatic rings. The summed E-state index contributed by atoms with van der Waals surface area (Å²) in [5.41, 5.74) is 17.8. The molecule has 0 bridgehead atoms. The molecular formula is C10H22N4NiO5-2. The van der Waals surface area contributed by atoms with Crippen LogP contribution in [0, 0.1) is 0 Å². The van der Waals surface area contributed by atoms with Gasteiger partial charge in [0.2, 0.25) is 0 Å². The second-order valence-electron chi connectivity index (χ2n) is 3.95. The van der Waals surface area contributed by atoms with Crippen LogP contribution in [-0.4, -0.2) is 83.9 Å². The van der Waals surface area contributed by atoms with E-state index in [1.165, 1.54) is 0 Å². The number of hydrogen-bond donors (Lipinski definition) is 4. The first-order chi connectivity index (χ1) is 8.98. The minimum atomic E-state index is -1.61. The summed E-state index contributed by atoms with van der Waals surface area (Å²) in [6.07, 6.45) is -4.08. The van der Waals surface area contributed by atoms with Crippen molar-refractivity contribution < 1.29 is 41.7 Å². The molecule has 1 fully saturated rings. The minimum absolute atomic E-state index is 0. The molecule has 0 aliphatic carbocycles. The Balaban J connectivity index is 0. The van der Waals surface area contributed by atoms with Crippen LogP contribution in [-0.2, 0) is 21.2 Å². The van der Waals surface area contributed by atoms with Gasteiger partial charge in [-0.3, -0.25) is 0 Å². The van der Waals surface area contributed by atoms with E-state index in [-0.39, 0.29) is 49.3 Å². The molecule has 0 spiro atoms. The van der Waals surface area contributed by atoms with Crippen LogP contribution in [0.4, 0.5) is 0 Å². The molecule has 0 aromatic carbocycles. The Kier molecular flexibility index (Phi) is 13.2. The van der Waals surface area contributed by atoms with E-state index < -0.39 is 30.6 Å². The molecule has 20 heavy (non-hydrogen) atoms. The van der Waals surface area contributed by atoms with E-state index in [0.29, 0.717) is 0 Å². The molecule has 0 radical (unpaired) electrons. The van der Waals surface area contributed by atoms with Gasteiger partial charge in [-0.25, -0.2) is 0 Å². The SMILES string of the molecule is [NH-]CC[N-]C1(CO)OCC(O)C(O)C1O.[NH-]CC[NH-].[Ni+2]. The first kappa shape index (κ1) is 22.4. The fourth-order valence-electron chi connectivity index (χ4n) is 1.46. The summed E-state index contributed by atoms with van der Waals surface area (Å²) in [6.45, 7) is -0.255. The minimum Gasteiger partial charge on any atom is -0.679 e. The topological polar surface area (TPSA) is 176 Å². The second-order valence-corrected chi connectivity index (χ2v) is 3.95. The van der Waals surface area contributed by atoms with Gasteiger partial charge >= 0.3 is 16.5 Å². The summed E-state index contributed by atoms with van der Waals surface area (Å²) in [5, 5.41) is 41.2. The van der Waals surface area contributed by atoms with Crippen molar-refractivity contribution in [3.05, 3.63) is 22.5 Å². The van der Waals surface area contributed by atoms with Crippen molar-refractivity contribution >= 4 is 0 Å². The van der Waals surface area contributed by atoms with Gasteiger partial charge in [-0.2, -0.15) is 26.2 Å². The summed E-state index contributed by atoms with van der Waals surface area (Å²) >= 11 is 0. The van der Waals surface area contributed by atoms with E-state index in [2.05, 4.69) is 5.32 Å². The third kappa shape index (κ3) is 6.27. The first-order valence-corrected chi connectivity index (χ1v) is 5.90. The molecule has 0 saturated carbocycles. The van der Waals surface area contributed by atoms with Crippen LogP contribution in [0.2, 0.25) is 0 Å². The van der Waals surface area contributed by atoms with Gasteiger partial charge in [0.05, 0.1) is 19.3 Å². The fourth-order valence-corrected chi connectivity index (χ4v) is 1.46. The second kappa shape index (κ2) is 11.8. The van der Waals surface area contributed by atoms with Crippen LogP contribution in [0.1, 0.15) is 0 Å². The Morgan fingerprint density at radius 3 is 2.05 bits per heavy atom. The number of ether oxygens (including phenoxy) is 1. The zero-order valence-corrected chi connectivity index (χ0v) is 11.9. The summed E-state index contributed by atoms with van der Waals surface area (Å²) in [6, 6.07) is 0. The summed E-state index contributed by atoms with van der Waals surface area (Å²) in [4.78, 5) is 0. The zero-order valence-electron chi connectivity index (χ0n) is 10.9. The van der Waals surface area contributed by atoms with Crippen molar-refractivity contribution in [1.82, 2.24) is 0 Å². The van der Waals surface area contributed by atoms with Crippen LogP contribution in [0.5, 0.6) is 0 Å². The number of nitrogens with zero attached hydrogens (tertiary/aromatic N) is 1. The monoisotopic (exact) mass is 336 g/mol. The van der Waals surface area contributed by atoms with Crippen molar-refractivity contribution in [1.29, 1.82) is 0 Å². The van der Waals surface area contributed by atoms with Crippen molar-refractivity contribution in [3.8, 4) is 0 Å². The molecule has 0 amide bonds. The van der Waals surface area contributed by atoms with Crippen LogP contribution in [0.25, 0.3) is 22.5 Å². The van der Waals surface area contributed by atoms with E-state index >= 15 is 0 Å². The van der Waals surface area contributed by atoms with E-state index in [1.54, 1.807) is 0 Å². The summed E-state index contributed by atoms with van der Waals surface area (Å²) < 4.78 is 5.05. The van der Waals surface area contributed by atoms with Gasteiger partial charge in [-0.05, 0) is 0 Å². The van der Waals surface area contributed by atoms with Gasteiger partial charge < -0.3 is 47.7 Å². The molecule has 4 atom stereocenters. The number of aliphatic hydroxyl groups is 4. The molecule has 1 aliphatic heterocycles. The molecule has 1 saturated heterocycles. The average molecular weight is 337 g/mol. The summed E-state index contributed by atoms with van der Waals surface area (Å²) in [7, 11) is 0. The van der Waals surface area contributed by atoms with E-state index in [1.807, 2.05) is 0 Å². The number of nitrogens with one attached hydrogen (secondary N) is 3. The predicted octanol–water partition coefficient (Wildman–Crippen LogP) is -0.698. The molecule has 0 aromatic heterocycles. The zero-order chi connectivity index (χ0) is 14.9. The van der Waals surface area contributed by atoms with Crippen LogP contribution < -0.4 is 0 Å². The molecule has 4 unspecified atom stereocenters. The van der Waals surface area contributed by atoms with Crippen LogP contribution in [0.3, 0.4) is 0 Å². The van der Waals surface area contributed by atoms with Crippen molar-refractivity contribution in [2.24, 2.45) is 0 Å².